The SMILES string of the molecule is CC1CN(CCC2CCN(C(=O)C(N)Cc3ccccc3)CC2)CC(C)O1.Cl.Cl. The highest BCUT2D eigenvalue weighted by atomic mass is 35.5. The van der Waals surface area contributed by atoms with Crippen LogP contribution < -0.4 is 5.73 Å². The molecular formula is C22H37Cl2N3O2. The minimum Gasteiger partial charge on any atom is -0.373 e. The number of hydrogen-bond donors (Lipinski definition) is 1. The first-order valence-electron chi connectivity index (χ1n) is 10.5. The summed E-state index contributed by atoms with van der Waals surface area (Å²) in [4.78, 5) is 17.2. The number of carbonyl (C=O) groups is 1. The zero-order valence-electron chi connectivity index (χ0n) is 17.7. The molecule has 2 aliphatic rings. The van der Waals surface area contributed by atoms with Gasteiger partial charge in [-0.25, -0.2) is 0 Å². The minimum atomic E-state index is -0.430. The molecule has 0 spiro atoms. The van der Waals surface area contributed by atoms with Crippen LogP contribution in [0, 0.1) is 5.92 Å². The zero-order chi connectivity index (χ0) is 19.2. The quantitative estimate of drug-likeness (QED) is 0.730. The van der Waals surface area contributed by atoms with Crippen LogP contribution in [0.4, 0.5) is 0 Å². The van der Waals surface area contributed by atoms with Gasteiger partial charge in [0.1, 0.15) is 0 Å². The third-order valence-corrected chi connectivity index (χ3v) is 5.89. The van der Waals surface area contributed by atoms with E-state index >= 15 is 0 Å². The predicted octanol–water partition coefficient (Wildman–Crippen LogP) is 3.14. The fourth-order valence-corrected chi connectivity index (χ4v) is 4.46. The van der Waals surface area contributed by atoms with E-state index in [0.29, 0.717) is 24.5 Å². The van der Waals surface area contributed by atoms with Gasteiger partial charge in [0.2, 0.25) is 5.91 Å². The summed E-state index contributed by atoms with van der Waals surface area (Å²) in [5.74, 6) is 0.820. The van der Waals surface area contributed by atoms with Gasteiger partial charge in [-0.15, -0.1) is 24.8 Å². The van der Waals surface area contributed by atoms with Gasteiger partial charge in [0.05, 0.1) is 18.2 Å². The van der Waals surface area contributed by atoms with Gasteiger partial charge in [0, 0.05) is 26.2 Å². The van der Waals surface area contributed by atoms with Crippen LogP contribution in [0.1, 0.15) is 38.7 Å². The Kier molecular flexibility index (Phi) is 11.5. The summed E-state index contributed by atoms with van der Waals surface area (Å²) in [5, 5.41) is 0. The largest absolute Gasteiger partial charge is 0.373 e. The van der Waals surface area contributed by atoms with Crippen LogP contribution in [0.25, 0.3) is 0 Å². The molecule has 2 fully saturated rings. The topological polar surface area (TPSA) is 58.8 Å². The molecule has 3 atom stereocenters. The Morgan fingerprint density at radius 3 is 2.28 bits per heavy atom. The lowest BCUT2D eigenvalue weighted by Gasteiger charge is -2.37. The van der Waals surface area contributed by atoms with Crippen LogP contribution in [-0.2, 0) is 16.0 Å². The normalized spacial score (nSPS) is 24.3. The van der Waals surface area contributed by atoms with Crippen molar-refractivity contribution in [1.29, 1.82) is 0 Å². The second kappa shape index (κ2) is 12.8. The molecule has 1 aromatic rings. The van der Waals surface area contributed by atoms with Gasteiger partial charge in [-0.1, -0.05) is 30.3 Å². The van der Waals surface area contributed by atoms with Gasteiger partial charge in [-0.3, -0.25) is 9.69 Å². The summed E-state index contributed by atoms with van der Waals surface area (Å²) in [5.41, 5.74) is 7.31. The van der Waals surface area contributed by atoms with E-state index in [1.807, 2.05) is 35.2 Å². The molecule has 1 amide bonds. The number of amides is 1. The zero-order valence-corrected chi connectivity index (χ0v) is 19.3. The number of piperidine rings is 1. The van der Waals surface area contributed by atoms with Crippen molar-refractivity contribution in [2.24, 2.45) is 11.7 Å². The standard InChI is InChI=1S/C22H35N3O2.2ClH/c1-17-15-24(16-18(2)27-17)11-8-19-9-12-25(13-10-19)22(26)21(23)14-20-6-4-3-5-7-20;;/h3-7,17-19,21H,8-16,23H2,1-2H3;2*1H. The van der Waals surface area contributed by atoms with E-state index in [2.05, 4.69) is 18.7 Å². The molecule has 7 heteroatoms. The number of ether oxygens (including phenoxy) is 1. The summed E-state index contributed by atoms with van der Waals surface area (Å²) in [6.07, 6.45) is 4.70. The Bertz CT molecular complexity index is 587. The molecule has 2 heterocycles. The van der Waals surface area contributed by atoms with E-state index in [1.54, 1.807) is 0 Å². The Labute approximate surface area is 188 Å². The summed E-state index contributed by atoms with van der Waals surface area (Å²) < 4.78 is 5.82. The number of nitrogens with two attached hydrogens (primary N) is 1. The molecule has 0 bridgehead atoms. The number of likely N-dealkylation sites (tertiary alicyclic amines) is 1. The maximum absolute atomic E-state index is 12.7. The van der Waals surface area contributed by atoms with Gasteiger partial charge in [0.25, 0.3) is 0 Å². The van der Waals surface area contributed by atoms with Crippen molar-refractivity contribution < 1.29 is 9.53 Å². The van der Waals surface area contributed by atoms with Crippen molar-refractivity contribution >= 4 is 30.7 Å². The van der Waals surface area contributed by atoms with Crippen LogP contribution in [0.15, 0.2) is 30.3 Å². The molecule has 0 aromatic heterocycles. The number of morpholine rings is 1. The lowest BCUT2D eigenvalue weighted by Crippen LogP contribution is -2.48. The number of halogens is 2. The van der Waals surface area contributed by atoms with E-state index in [4.69, 9.17) is 10.5 Å². The number of benzene rings is 1. The van der Waals surface area contributed by atoms with Crippen molar-refractivity contribution in [2.45, 2.75) is 57.8 Å². The van der Waals surface area contributed by atoms with Crippen molar-refractivity contribution in [3.63, 3.8) is 0 Å². The van der Waals surface area contributed by atoms with E-state index in [0.717, 1.165) is 51.1 Å². The van der Waals surface area contributed by atoms with E-state index in [9.17, 15) is 4.79 Å². The Hall–Kier alpha value is -0.850. The van der Waals surface area contributed by atoms with Gasteiger partial charge in [-0.05, 0) is 57.6 Å². The molecule has 29 heavy (non-hydrogen) atoms. The van der Waals surface area contributed by atoms with Crippen LogP contribution in [-0.4, -0.2) is 66.7 Å². The lowest BCUT2D eigenvalue weighted by atomic mass is 9.92. The van der Waals surface area contributed by atoms with E-state index in [-0.39, 0.29) is 30.7 Å². The molecule has 2 N–H and O–H groups in total. The molecule has 0 radical (unpaired) electrons. The van der Waals surface area contributed by atoms with Crippen molar-refractivity contribution in [3.8, 4) is 0 Å². The molecule has 2 saturated heterocycles. The molecule has 2 aliphatic heterocycles. The average Bonchev–Trinajstić information content (AvgIpc) is 2.66. The number of nitrogens with zero attached hydrogens (tertiary/aromatic N) is 2. The van der Waals surface area contributed by atoms with Crippen LogP contribution in [0.5, 0.6) is 0 Å². The van der Waals surface area contributed by atoms with E-state index in [1.165, 1.54) is 6.42 Å². The summed E-state index contributed by atoms with van der Waals surface area (Å²) in [6.45, 7) is 9.23. The second-order valence-corrected chi connectivity index (χ2v) is 8.37. The monoisotopic (exact) mass is 445 g/mol. The Morgan fingerprint density at radius 2 is 1.69 bits per heavy atom. The third kappa shape index (κ3) is 8.06. The van der Waals surface area contributed by atoms with Crippen molar-refractivity contribution in [1.82, 2.24) is 9.80 Å². The van der Waals surface area contributed by atoms with Gasteiger partial charge >= 0.3 is 0 Å². The molecule has 0 aliphatic carbocycles. The fourth-order valence-electron chi connectivity index (χ4n) is 4.46. The highest BCUT2D eigenvalue weighted by Crippen LogP contribution is 2.22. The summed E-state index contributed by atoms with van der Waals surface area (Å²) in [6, 6.07) is 9.61. The van der Waals surface area contributed by atoms with Gasteiger partial charge < -0.3 is 15.4 Å². The smallest absolute Gasteiger partial charge is 0.239 e. The minimum absolute atomic E-state index is 0. The average molecular weight is 446 g/mol. The maximum Gasteiger partial charge on any atom is 0.239 e. The van der Waals surface area contributed by atoms with Crippen LogP contribution >= 0.6 is 24.8 Å². The Morgan fingerprint density at radius 1 is 1.10 bits per heavy atom. The molecule has 5 nitrogen and oxygen atoms in total. The summed E-state index contributed by atoms with van der Waals surface area (Å²) in [7, 11) is 0. The number of rotatable bonds is 6. The Balaban J connectivity index is 0.00000210. The molecule has 166 valence electrons. The second-order valence-electron chi connectivity index (χ2n) is 8.37. The van der Waals surface area contributed by atoms with Crippen LogP contribution in [0.3, 0.4) is 0 Å². The first-order valence-corrected chi connectivity index (χ1v) is 10.5. The van der Waals surface area contributed by atoms with Gasteiger partial charge in [0.15, 0.2) is 0 Å². The predicted molar refractivity (Wildman–Crippen MR) is 123 cm³/mol. The molecule has 0 saturated carbocycles. The lowest BCUT2D eigenvalue weighted by molar-refractivity contribution is -0.134. The molecular weight excluding hydrogens is 409 g/mol. The van der Waals surface area contributed by atoms with Crippen LogP contribution in [0.2, 0.25) is 0 Å². The van der Waals surface area contributed by atoms with Crippen molar-refractivity contribution in [2.75, 3.05) is 32.7 Å². The van der Waals surface area contributed by atoms with E-state index < -0.39 is 6.04 Å². The first kappa shape index (κ1) is 26.2. The molecule has 3 rings (SSSR count). The first-order chi connectivity index (χ1) is 13.0. The number of hydrogen-bond acceptors (Lipinski definition) is 4. The molecule has 1 aromatic carbocycles. The number of carbonyl (C=O) groups excluding carboxylic acids is 1. The highest BCUT2D eigenvalue weighted by molar-refractivity contribution is 5.85. The fraction of sp³-hybridized carbons (Fsp3) is 0.682. The molecule has 3 unspecified atom stereocenters. The summed E-state index contributed by atoms with van der Waals surface area (Å²) >= 11 is 0. The van der Waals surface area contributed by atoms with Crippen molar-refractivity contribution in [3.05, 3.63) is 35.9 Å². The maximum atomic E-state index is 12.7. The van der Waals surface area contributed by atoms with Gasteiger partial charge in [-0.2, -0.15) is 0 Å². The third-order valence-electron chi connectivity index (χ3n) is 5.89. The highest BCUT2D eigenvalue weighted by Gasteiger charge is 2.27.